The molecule has 1 aliphatic rings. The van der Waals surface area contributed by atoms with E-state index < -0.39 is 5.91 Å². The molecule has 0 spiro atoms. The van der Waals surface area contributed by atoms with Gasteiger partial charge in [-0.25, -0.2) is 5.84 Å². The van der Waals surface area contributed by atoms with Gasteiger partial charge >= 0.3 is 0 Å². The summed E-state index contributed by atoms with van der Waals surface area (Å²) in [5.41, 5.74) is 4.39. The van der Waals surface area contributed by atoms with Crippen molar-refractivity contribution in [3.8, 4) is 5.75 Å². The van der Waals surface area contributed by atoms with E-state index in [1.54, 1.807) is 24.3 Å². The lowest BCUT2D eigenvalue weighted by Crippen LogP contribution is -2.32. The number of hydrazine groups is 1. The minimum absolute atomic E-state index is 0.256. The van der Waals surface area contributed by atoms with Gasteiger partial charge in [0.2, 0.25) is 0 Å². The Morgan fingerprint density at radius 2 is 1.77 bits per heavy atom. The van der Waals surface area contributed by atoms with Gasteiger partial charge in [0.05, 0.1) is 17.9 Å². The number of benzene rings is 2. The summed E-state index contributed by atoms with van der Waals surface area (Å²) in [4.78, 5) is 32.7. The lowest BCUT2D eigenvalue weighted by atomic mass is 10.1. The molecule has 2 aromatic carbocycles. The molecule has 1 heterocycles. The van der Waals surface area contributed by atoms with Crippen molar-refractivity contribution in [1.82, 2.24) is 20.1 Å². The zero-order valence-corrected chi connectivity index (χ0v) is 23.9. The van der Waals surface area contributed by atoms with Crippen LogP contribution in [0.3, 0.4) is 0 Å². The molecule has 4 N–H and O–H groups in total. The van der Waals surface area contributed by atoms with Gasteiger partial charge in [-0.2, -0.15) is 0 Å². The first-order valence-electron chi connectivity index (χ1n) is 14.2. The van der Waals surface area contributed by atoms with Gasteiger partial charge in [-0.15, -0.1) is 0 Å². The molecule has 0 aliphatic carbocycles. The van der Waals surface area contributed by atoms with E-state index in [0.717, 1.165) is 64.3 Å². The first-order valence-corrected chi connectivity index (χ1v) is 14.2. The molecule has 3 rings (SSSR count). The van der Waals surface area contributed by atoms with Crippen molar-refractivity contribution in [3.63, 3.8) is 0 Å². The first kappa shape index (κ1) is 30.6. The Hall–Kier alpha value is -2.98. The number of rotatable bonds is 15. The van der Waals surface area contributed by atoms with Crippen LogP contribution in [-0.2, 0) is 6.54 Å². The molecule has 0 unspecified atom stereocenters. The lowest BCUT2D eigenvalue weighted by Gasteiger charge is -2.26. The average Bonchev–Trinajstić information content (AvgIpc) is 2.96. The Kier molecular flexibility index (Phi) is 12.7. The Balaban J connectivity index is 1.59. The third kappa shape index (κ3) is 9.93. The van der Waals surface area contributed by atoms with E-state index in [9.17, 15) is 9.59 Å². The number of piperidine rings is 1. The fourth-order valence-corrected chi connectivity index (χ4v) is 4.90. The number of nitrogens with two attached hydrogens (primary N) is 1. The van der Waals surface area contributed by atoms with Crippen LogP contribution in [-0.4, -0.2) is 86.0 Å². The second kappa shape index (κ2) is 16.2. The molecule has 2 aromatic rings. The minimum Gasteiger partial charge on any atom is -0.494 e. The number of carbonyl (C=O) groups is 2. The van der Waals surface area contributed by atoms with Gasteiger partial charge in [0.15, 0.2) is 0 Å². The van der Waals surface area contributed by atoms with E-state index >= 15 is 0 Å². The molecule has 1 fully saturated rings. The minimum atomic E-state index is -0.493. The Bertz CT molecular complexity index is 1050. The highest BCUT2D eigenvalue weighted by atomic mass is 16.5. The monoisotopic (exact) mass is 538 g/mol. The van der Waals surface area contributed by atoms with E-state index in [1.807, 2.05) is 18.2 Å². The molecule has 214 valence electrons. The van der Waals surface area contributed by atoms with Crippen molar-refractivity contribution < 1.29 is 14.3 Å². The summed E-state index contributed by atoms with van der Waals surface area (Å²) < 4.78 is 5.91. The SMILES string of the molecule is CCN(CC)CCN(C)Cc1cccc(C(=O)Nc2ccc(OCCCN3CCCCC3)cc2C(=O)NN)c1. The predicted molar refractivity (Wildman–Crippen MR) is 157 cm³/mol. The molecule has 9 nitrogen and oxygen atoms in total. The second-order valence-electron chi connectivity index (χ2n) is 10.2. The zero-order chi connectivity index (χ0) is 28.0. The summed E-state index contributed by atoms with van der Waals surface area (Å²) >= 11 is 0. The summed E-state index contributed by atoms with van der Waals surface area (Å²) in [5, 5.41) is 2.88. The number of nitrogens with one attached hydrogen (secondary N) is 2. The van der Waals surface area contributed by atoms with Crippen LogP contribution in [0.2, 0.25) is 0 Å². The number of anilines is 1. The summed E-state index contributed by atoms with van der Waals surface area (Å²) in [5.74, 6) is 5.22. The van der Waals surface area contributed by atoms with E-state index in [0.29, 0.717) is 23.6 Å². The van der Waals surface area contributed by atoms with E-state index in [2.05, 4.69) is 46.3 Å². The highest BCUT2D eigenvalue weighted by Gasteiger charge is 2.16. The summed E-state index contributed by atoms with van der Waals surface area (Å²) in [6.07, 6.45) is 4.77. The van der Waals surface area contributed by atoms with Crippen LogP contribution in [0.1, 0.15) is 65.8 Å². The third-order valence-corrected chi connectivity index (χ3v) is 7.29. The van der Waals surface area contributed by atoms with Gasteiger partial charge in [-0.05, 0) is 88.4 Å². The number of nitrogens with zero attached hydrogens (tertiary/aromatic N) is 3. The maximum absolute atomic E-state index is 13.1. The molecule has 0 aromatic heterocycles. The van der Waals surface area contributed by atoms with Gasteiger partial charge < -0.3 is 24.8 Å². The number of amides is 2. The normalized spacial score (nSPS) is 14.0. The summed E-state index contributed by atoms with van der Waals surface area (Å²) in [6.45, 7) is 13.0. The largest absolute Gasteiger partial charge is 0.494 e. The van der Waals surface area contributed by atoms with E-state index in [4.69, 9.17) is 10.6 Å². The van der Waals surface area contributed by atoms with Gasteiger partial charge in [0, 0.05) is 31.7 Å². The number of carbonyl (C=O) groups excluding carboxylic acids is 2. The third-order valence-electron chi connectivity index (χ3n) is 7.29. The van der Waals surface area contributed by atoms with Crippen molar-refractivity contribution in [2.24, 2.45) is 5.84 Å². The smallest absolute Gasteiger partial charge is 0.267 e. The first-order chi connectivity index (χ1) is 18.9. The van der Waals surface area contributed by atoms with Gasteiger partial charge in [-0.1, -0.05) is 32.4 Å². The molecular formula is C30H46N6O3. The molecule has 2 amide bonds. The molecule has 0 saturated carbocycles. The Morgan fingerprint density at radius 1 is 1.00 bits per heavy atom. The zero-order valence-electron chi connectivity index (χ0n) is 23.9. The molecule has 0 radical (unpaired) electrons. The van der Waals surface area contributed by atoms with Crippen LogP contribution in [0.4, 0.5) is 5.69 Å². The quantitative estimate of drug-likeness (QED) is 0.138. The number of nitrogen functional groups attached to an aromatic ring is 1. The second-order valence-corrected chi connectivity index (χ2v) is 10.2. The topological polar surface area (TPSA) is 103 Å². The molecule has 1 saturated heterocycles. The van der Waals surface area contributed by atoms with Crippen LogP contribution in [0.25, 0.3) is 0 Å². The number of hydrogen-bond acceptors (Lipinski definition) is 7. The fourth-order valence-electron chi connectivity index (χ4n) is 4.90. The molecular weight excluding hydrogens is 492 g/mol. The molecule has 0 atom stereocenters. The summed E-state index contributed by atoms with van der Waals surface area (Å²) in [6, 6.07) is 12.7. The molecule has 9 heteroatoms. The highest BCUT2D eigenvalue weighted by molar-refractivity contribution is 6.09. The number of hydrogen-bond donors (Lipinski definition) is 3. The van der Waals surface area contributed by atoms with E-state index in [1.165, 1.54) is 19.3 Å². The standard InChI is InChI=1S/C30H46N6O3/c1-4-35(5-2)19-18-34(3)23-24-11-9-12-25(21-24)29(37)32-28-14-13-26(22-27(28)30(38)33-31)39-20-10-17-36-15-7-6-8-16-36/h9,11-14,21-22H,4-8,10,15-20,23,31H2,1-3H3,(H,32,37)(H,33,38). The average molecular weight is 539 g/mol. The maximum atomic E-state index is 13.1. The van der Waals surface area contributed by atoms with Crippen molar-refractivity contribution in [2.75, 3.05) is 64.8 Å². The number of likely N-dealkylation sites (N-methyl/N-ethyl adjacent to an activating group) is 2. The van der Waals surface area contributed by atoms with Gasteiger partial charge in [-0.3, -0.25) is 15.0 Å². The van der Waals surface area contributed by atoms with Crippen LogP contribution in [0.15, 0.2) is 42.5 Å². The van der Waals surface area contributed by atoms with Crippen molar-refractivity contribution >= 4 is 17.5 Å². The highest BCUT2D eigenvalue weighted by Crippen LogP contribution is 2.23. The number of likely N-dealkylation sites (tertiary alicyclic amines) is 1. The predicted octanol–water partition coefficient (Wildman–Crippen LogP) is 3.57. The van der Waals surface area contributed by atoms with Gasteiger partial charge in [0.1, 0.15) is 5.75 Å². The van der Waals surface area contributed by atoms with Crippen molar-refractivity contribution in [1.29, 1.82) is 0 Å². The van der Waals surface area contributed by atoms with Crippen molar-refractivity contribution in [2.45, 2.75) is 46.1 Å². The molecule has 39 heavy (non-hydrogen) atoms. The van der Waals surface area contributed by atoms with Crippen LogP contribution in [0, 0.1) is 0 Å². The van der Waals surface area contributed by atoms with Crippen LogP contribution in [0.5, 0.6) is 5.75 Å². The van der Waals surface area contributed by atoms with Crippen LogP contribution < -0.4 is 21.3 Å². The maximum Gasteiger partial charge on any atom is 0.267 e. The number of ether oxygens (including phenoxy) is 1. The Labute approximate surface area is 233 Å². The van der Waals surface area contributed by atoms with E-state index in [-0.39, 0.29) is 11.5 Å². The Morgan fingerprint density at radius 3 is 2.49 bits per heavy atom. The lowest BCUT2D eigenvalue weighted by molar-refractivity contribution is 0.0954. The van der Waals surface area contributed by atoms with Gasteiger partial charge in [0.25, 0.3) is 11.8 Å². The molecule has 1 aliphatic heterocycles. The summed E-state index contributed by atoms with van der Waals surface area (Å²) in [7, 11) is 2.09. The fraction of sp³-hybridized carbons (Fsp3) is 0.533. The molecule has 0 bridgehead atoms. The van der Waals surface area contributed by atoms with Crippen molar-refractivity contribution in [3.05, 3.63) is 59.2 Å². The van der Waals surface area contributed by atoms with Crippen LogP contribution >= 0.6 is 0 Å².